The molecule has 1 amide bonds. The minimum Gasteiger partial charge on any atom is -0.480 e. The average Bonchev–Trinajstić information content (AvgIpc) is 2.31. The molecule has 0 aliphatic carbocycles. The molecule has 0 radical (unpaired) electrons. The lowest BCUT2D eigenvalue weighted by atomic mass is 10.1. The smallest absolute Gasteiger partial charge is 0.326 e. The number of aliphatic carboxylic acids is 1. The van der Waals surface area contributed by atoms with Crippen LogP contribution in [0.1, 0.15) is 22.3 Å². The van der Waals surface area contributed by atoms with Gasteiger partial charge in [0.2, 0.25) is 0 Å². The molecular weight excluding hydrogens is 301 g/mol. The summed E-state index contributed by atoms with van der Waals surface area (Å²) in [6.07, 6.45) is 0.720. The third kappa shape index (κ3) is 5.90. The van der Waals surface area contributed by atoms with E-state index in [4.69, 9.17) is 5.11 Å². The van der Waals surface area contributed by atoms with Crippen molar-refractivity contribution < 1.29 is 27.5 Å². The Balaban J connectivity index is 2.83. The Labute approximate surface area is 121 Å². The fraction of sp³-hybridized carbons (Fsp3) is 0.385. The second kappa shape index (κ2) is 6.66. The molecule has 0 spiro atoms. The molecule has 2 N–H and O–H groups in total. The molecule has 0 aliphatic rings. The van der Waals surface area contributed by atoms with Crippen molar-refractivity contribution in [3.05, 3.63) is 35.1 Å². The number of hydrogen-bond donors (Lipinski definition) is 2. The van der Waals surface area contributed by atoms with Gasteiger partial charge in [-0.1, -0.05) is 0 Å². The molecule has 0 heterocycles. The van der Waals surface area contributed by atoms with Gasteiger partial charge in [0.1, 0.15) is 21.7 Å². The van der Waals surface area contributed by atoms with Gasteiger partial charge in [-0.3, -0.25) is 4.79 Å². The second-order valence-electron chi connectivity index (χ2n) is 4.80. The lowest BCUT2D eigenvalue weighted by molar-refractivity contribution is -0.139. The molecule has 0 bridgehead atoms. The minimum atomic E-state index is -3.34. The maximum Gasteiger partial charge on any atom is 0.326 e. The van der Waals surface area contributed by atoms with Crippen molar-refractivity contribution in [1.29, 1.82) is 0 Å². The Bertz CT molecular complexity index is 636. The van der Waals surface area contributed by atoms with Crippen LogP contribution in [0.4, 0.5) is 4.39 Å². The summed E-state index contributed by atoms with van der Waals surface area (Å²) in [4.78, 5) is 22.9. The molecule has 1 atom stereocenters. The topological polar surface area (TPSA) is 101 Å². The van der Waals surface area contributed by atoms with Crippen LogP contribution in [0.5, 0.6) is 0 Å². The zero-order valence-corrected chi connectivity index (χ0v) is 12.4. The van der Waals surface area contributed by atoms with E-state index in [1.54, 1.807) is 6.92 Å². The van der Waals surface area contributed by atoms with E-state index in [1.807, 2.05) is 0 Å². The van der Waals surface area contributed by atoms with Crippen molar-refractivity contribution in [3.63, 3.8) is 0 Å². The monoisotopic (exact) mass is 317 g/mol. The predicted molar refractivity (Wildman–Crippen MR) is 74.4 cm³/mol. The van der Waals surface area contributed by atoms with Crippen molar-refractivity contribution >= 4 is 21.7 Å². The van der Waals surface area contributed by atoms with Gasteiger partial charge in [0.05, 0.1) is 5.75 Å². The first-order chi connectivity index (χ1) is 9.58. The predicted octanol–water partition coefficient (Wildman–Crippen LogP) is 0.752. The molecule has 1 aromatic rings. The molecule has 0 saturated carbocycles. The first kappa shape index (κ1) is 17.1. The van der Waals surface area contributed by atoms with Gasteiger partial charge in [-0.25, -0.2) is 17.6 Å². The summed E-state index contributed by atoms with van der Waals surface area (Å²) < 4.78 is 35.3. The van der Waals surface area contributed by atoms with Crippen molar-refractivity contribution in [2.45, 2.75) is 19.4 Å². The number of hydrogen-bond acceptors (Lipinski definition) is 4. The van der Waals surface area contributed by atoms with Crippen molar-refractivity contribution in [3.8, 4) is 0 Å². The number of carboxylic acid groups (broad SMARTS) is 1. The number of carbonyl (C=O) groups excluding carboxylic acids is 1. The first-order valence-electron chi connectivity index (χ1n) is 6.07. The Morgan fingerprint density at radius 2 is 1.95 bits per heavy atom. The van der Waals surface area contributed by atoms with Gasteiger partial charge >= 0.3 is 5.97 Å². The van der Waals surface area contributed by atoms with E-state index in [9.17, 15) is 22.4 Å². The second-order valence-corrected chi connectivity index (χ2v) is 7.06. The average molecular weight is 317 g/mol. The summed E-state index contributed by atoms with van der Waals surface area (Å²) in [5.74, 6) is -3.09. The standard InChI is InChI=1S/C13H16FNO5S/c1-8-5-9(7-10(14)6-8)12(16)15-11(13(17)18)3-4-21(2,19)20/h5-7,11H,3-4H2,1-2H3,(H,15,16)(H,17,18). The molecule has 0 aliphatic heterocycles. The van der Waals surface area contributed by atoms with Gasteiger partial charge in [0, 0.05) is 11.8 Å². The first-order valence-corrected chi connectivity index (χ1v) is 8.13. The summed E-state index contributed by atoms with van der Waals surface area (Å²) in [6, 6.07) is 2.27. The van der Waals surface area contributed by atoms with E-state index in [-0.39, 0.29) is 17.7 Å². The summed E-state index contributed by atoms with van der Waals surface area (Å²) in [5, 5.41) is 11.2. The maximum atomic E-state index is 13.2. The Hall–Kier alpha value is -1.96. The van der Waals surface area contributed by atoms with Crippen LogP contribution in [-0.2, 0) is 14.6 Å². The minimum absolute atomic E-state index is 0.0156. The van der Waals surface area contributed by atoms with E-state index >= 15 is 0 Å². The number of rotatable bonds is 6. The van der Waals surface area contributed by atoms with Crippen LogP contribution in [0, 0.1) is 12.7 Å². The largest absolute Gasteiger partial charge is 0.480 e. The highest BCUT2D eigenvalue weighted by molar-refractivity contribution is 7.90. The highest BCUT2D eigenvalue weighted by Crippen LogP contribution is 2.09. The lowest BCUT2D eigenvalue weighted by Gasteiger charge is -2.14. The van der Waals surface area contributed by atoms with Gasteiger partial charge in [-0.05, 0) is 37.1 Å². The van der Waals surface area contributed by atoms with Gasteiger partial charge < -0.3 is 10.4 Å². The lowest BCUT2D eigenvalue weighted by Crippen LogP contribution is -2.41. The molecule has 1 unspecified atom stereocenters. The van der Waals surface area contributed by atoms with Crippen LogP contribution in [0.3, 0.4) is 0 Å². The van der Waals surface area contributed by atoms with Crippen LogP contribution in [0.25, 0.3) is 0 Å². The fourth-order valence-electron chi connectivity index (χ4n) is 1.70. The molecule has 1 aromatic carbocycles. The quantitative estimate of drug-likeness (QED) is 0.806. The van der Waals surface area contributed by atoms with Crippen molar-refractivity contribution in [2.24, 2.45) is 0 Å². The molecule has 21 heavy (non-hydrogen) atoms. The highest BCUT2D eigenvalue weighted by Gasteiger charge is 2.22. The van der Waals surface area contributed by atoms with Crippen molar-refractivity contribution in [1.82, 2.24) is 5.32 Å². The normalized spacial score (nSPS) is 12.7. The van der Waals surface area contributed by atoms with Crippen molar-refractivity contribution in [2.75, 3.05) is 12.0 Å². The molecule has 8 heteroatoms. The Morgan fingerprint density at radius 1 is 1.33 bits per heavy atom. The number of nitrogens with one attached hydrogen (secondary N) is 1. The Morgan fingerprint density at radius 3 is 2.43 bits per heavy atom. The Kier molecular flexibility index (Phi) is 5.42. The maximum absolute atomic E-state index is 13.2. The number of carboxylic acids is 1. The van der Waals surface area contributed by atoms with Gasteiger partial charge in [0.15, 0.2) is 0 Å². The zero-order chi connectivity index (χ0) is 16.2. The van der Waals surface area contributed by atoms with E-state index in [0.29, 0.717) is 5.56 Å². The molecule has 0 saturated heterocycles. The third-order valence-corrected chi connectivity index (χ3v) is 3.66. The van der Waals surface area contributed by atoms with Gasteiger partial charge in [-0.2, -0.15) is 0 Å². The van der Waals surface area contributed by atoms with E-state index < -0.39 is 33.6 Å². The van der Waals surface area contributed by atoms with Crippen LogP contribution in [0.2, 0.25) is 0 Å². The zero-order valence-electron chi connectivity index (χ0n) is 11.6. The number of carbonyl (C=O) groups is 2. The summed E-state index contributed by atoms with van der Waals surface area (Å²) in [5.41, 5.74) is 0.501. The molecule has 1 rings (SSSR count). The van der Waals surface area contributed by atoms with Crippen LogP contribution in [0.15, 0.2) is 18.2 Å². The van der Waals surface area contributed by atoms with E-state index in [0.717, 1.165) is 12.3 Å². The summed E-state index contributed by atoms with van der Waals surface area (Å²) >= 11 is 0. The molecule has 0 aromatic heterocycles. The number of benzene rings is 1. The SMILES string of the molecule is Cc1cc(F)cc(C(=O)NC(CCS(C)(=O)=O)C(=O)O)c1. The number of aryl methyl sites for hydroxylation is 1. The molecule has 0 fully saturated rings. The van der Waals surface area contributed by atoms with Gasteiger partial charge in [0.25, 0.3) is 5.91 Å². The number of sulfone groups is 1. The summed E-state index contributed by atoms with van der Waals surface area (Å²) in [7, 11) is -3.34. The molecule has 6 nitrogen and oxygen atoms in total. The number of amides is 1. The van der Waals surface area contributed by atoms with Gasteiger partial charge in [-0.15, -0.1) is 0 Å². The summed E-state index contributed by atoms with van der Waals surface area (Å²) in [6.45, 7) is 1.60. The molecule has 116 valence electrons. The van der Waals surface area contributed by atoms with Crippen LogP contribution in [-0.4, -0.2) is 43.5 Å². The van der Waals surface area contributed by atoms with Crippen LogP contribution < -0.4 is 5.32 Å². The van der Waals surface area contributed by atoms with E-state index in [2.05, 4.69) is 5.32 Å². The third-order valence-electron chi connectivity index (χ3n) is 2.69. The number of halogens is 1. The molecular formula is C13H16FNO5S. The van der Waals surface area contributed by atoms with E-state index in [1.165, 1.54) is 12.1 Å². The fourth-order valence-corrected chi connectivity index (χ4v) is 2.36. The highest BCUT2D eigenvalue weighted by atomic mass is 32.2. The van der Waals surface area contributed by atoms with Crippen LogP contribution >= 0.6 is 0 Å².